The summed E-state index contributed by atoms with van der Waals surface area (Å²) in [5, 5.41) is 19.4. The molecule has 2 rings (SSSR count). The van der Waals surface area contributed by atoms with Crippen LogP contribution in [0.2, 0.25) is 5.02 Å². The summed E-state index contributed by atoms with van der Waals surface area (Å²) in [4.78, 5) is 11.1. The number of rotatable bonds is 4. The molecule has 0 saturated heterocycles. The first-order valence-electron chi connectivity index (χ1n) is 5.89. The minimum atomic E-state index is -1.13. The van der Waals surface area contributed by atoms with Crippen LogP contribution in [0.25, 0.3) is 0 Å². The van der Waals surface area contributed by atoms with E-state index in [0.717, 1.165) is 12.8 Å². The molecule has 4 nitrogen and oxygen atoms in total. The lowest BCUT2D eigenvalue weighted by Crippen LogP contribution is -2.32. The zero-order chi connectivity index (χ0) is 13.2. The Morgan fingerprint density at radius 2 is 2.06 bits per heavy atom. The first-order valence-corrected chi connectivity index (χ1v) is 6.27. The highest BCUT2D eigenvalue weighted by molar-refractivity contribution is 6.33. The van der Waals surface area contributed by atoms with E-state index in [2.05, 4.69) is 0 Å². The van der Waals surface area contributed by atoms with Crippen LogP contribution >= 0.6 is 11.6 Å². The molecule has 0 aliphatic heterocycles. The normalized spacial score (nSPS) is 17.7. The smallest absolute Gasteiger partial charge is 0.341 e. The number of carboxylic acid groups (broad SMARTS) is 1. The van der Waals surface area contributed by atoms with Gasteiger partial charge in [-0.15, -0.1) is 0 Å². The Morgan fingerprint density at radius 3 is 2.67 bits per heavy atom. The standard InChI is InChI=1S/C13H15ClO4/c14-9-4-3-5-10(11(9)12(15)16)18-8-13(17)6-1-2-7-13/h3-5,17H,1-2,6-8H2,(H,15,16). The molecule has 1 aromatic rings. The minimum absolute atomic E-state index is 0.0548. The van der Waals surface area contributed by atoms with Gasteiger partial charge >= 0.3 is 5.97 Å². The van der Waals surface area contributed by atoms with E-state index in [-0.39, 0.29) is 22.9 Å². The summed E-state index contributed by atoms with van der Waals surface area (Å²) in [5.41, 5.74) is -0.890. The Kier molecular flexibility index (Phi) is 3.78. The molecule has 0 bridgehead atoms. The van der Waals surface area contributed by atoms with Gasteiger partial charge in [0.25, 0.3) is 0 Å². The van der Waals surface area contributed by atoms with Gasteiger partial charge in [0.1, 0.15) is 17.9 Å². The average molecular weight is 271 g/mol. The van der Waals surface area contributed by atoms with E-state index >= 15 is 0 Å². The first kappa shape index (κ1) is 13.2. The molecule has 2 N–H and O–H groups in total. The molecule has 0 unspecified atom stereocenters. The third kappa shape index (κ3) is 2.76. The summed E-state index contributed by atoms with van der Waals surface area (Å²) < 4.78 is 5.45. The van der Waals surface area contributed by atoms with Gasteiger partial charge in [0.15, 0.2) is 0 Å². The Hall–Kier alpha value is -1.26. The van der Waals surface area contributed by atoms with Crippen molar-refractivity contribution in [1.29, 1.82) is 0 Å². The van der Waals surface area contributed by atoms with E-state index in [1.807, 2.05) is 0 Å². The van der Waals surface area contributed by atoms with Gasteiger partial charge in [0.05, 0.1) is 10.6 Å². The molecule has 1 aromatic carbocycles. The van der Waals surface area contributed by atoms with Gasteiger partial charge < -0.3 is 14.9 Å². The molecule has 1 aliphatic carbocycles. The lowest BCUT2D eigenvalue weighted by atomic mass is 10.0. The van der Waals surface area contributed by atoms with E-state index in [0.29, 0.717) is 12.8 Å². The monoisotopic (exact) mass is 270 g/mol. The summed E-state index contributed by atoms with van der Waals surface area (Å²) in [7, 11) is 0. The van der Waals surface area contributed by atoms with Crippen LogP contribution in [0.3, 0.4) is 0 Å². The van der Waals surface area contributed by atoms with Crippen LogP contribution in [0.5, 0.6) is 5.75 Å². The molecule has 18 heavy (non-hydrogen) atoms. The quantitative estimate of drug-likeness (QED) is 0.883. The maximum Gasteiger partial charge on any atom is 0.341 e. The van der Waals surface area contributed by atoms with E-state index in [4.69, 9.17) is 21.4 Å². The molecule has 0 radical (unpaired) electrons. The number of hydrogen-bond acceptors (Lipinski definition) is 3. The fraction of sp³-hybridized carbons (Fsp3) is 0.462. The van der Waals surface area contributed by atoms with Gasteiger partial charge in [-0.2, -0.15) is 0 Å². The van der Waals surface area contributed by atoms with Crippen molar-refractivity contribution >= 4 is 17.6 Å². The van der Waals surface area contributed by atoms with E-state index in [1.165, 1.54) is 6.07 Å². The minimum Gasteiger partial charge on any atom is -0.490 e. The number of ether oxygens (including phenoxy) is 1. The molecule has 1 saturated carbocycles. The lowest BCUT2D eigenvalue weighted by Gasteiger charge is -2.22. The number of halogens is 1. The maximum atomic E-state index is 11.1. The van der Waals surface area contributed by atoms with E-state index in [1.54, 1.807) is 12.1 Å². The molecular formula is C13H15ClO4. The number of aromatic carboxylic acids is 1. The van der Waals surface area contributed by atoms with Crippen LogP contribution in [0.1, 0.15) is 36.0 Å². The second-order valence-electron chi connectivity index (χ2n) is 4.64. The Morgan fingerprint density at radius 1 is 1.39 bits per heavy atom. The summed E-state index contributed by atoms with van der Waals surface area (Å²) in [6.45, 7) is 0.105. The van der Waals surface area contributed by atoms with Crippen LogP contribution in [-0.4, -0.2) is 28.4 Å². The Labute approximate surface area is 110 Å². The number of hydrogen-bond donors (Lipinski definition) is 2. The topological polar surface area (TPSA) is 66.8 Å². The predicted octanol–water partition coefficient (Wildman–Crippen LogP) is 2.72. The third-order valence-corrected chi connectivity index (χ3v) is 3.53. The van der Waals surface area contributed by atoms with Crippen molar-refractivity contribution in [2.24, 2.45) is 0 Å². The highest BCUT2D eigenvalue weighted by atomic mass is 35.5. The highest BCUT2D eigenvalue weighted by Crippen LogP contribution is 2.32. The molecular weight excluding hydrogens is 256 g/mol. The van der Waals surface area contributed by atoms with Crippen LogP contribution in [0, 0.1) is 0 Å². The second-order valence-corrected chi connectivity index (χ2v) is 5.05. The molecule has 5 heteroatoms. The lowest BCUT2D eigenvalue weighted by molar-refractivity contribution is 0.000908. The third-order valence-electron chi connectivity index (χ3n) is 3.22. The van der Waals surface area contributed by atoms with Crippen molar-refractivity contribution in [1.82, 2.24) is 0 Å². The van der Waals surface area contributed by atoms with Crippen LogP contribution in [0.4, 0.5) is 0 Å². The van der Waals surface area contributed by atoms with Crippen molar-refractivity contribution < 1.29 is 19.7 Å². The van der Waals surface area contributed by atoms with Crippen molar-refractivity contribution in [2.75, 3.05) is 6.61 Å². The van der Waals surface area contributed by atoms with E-state index in [9.17, 15) is 9.90 Å². The van der Waals surface area contributed by atoms with Gasteiger partial charge in [0, 0.05) is 0 Å². The molecule has 98 valence electrons. The van der Waals surface area contributed by atoms with Crippen LogP contribution in [0.15, 0.2) is 18.2 Å². The summed E-state index contributed by atoms with van der Waals surface area (Å²) >= 11 is 5.83. The maximum absolute atomic E-state index is 11.1. The zero-order valence-electron chi connectivity index (χ0n) is 9.86. The molecule has 0 spiro atoms. The van der Waals surface area contributed by atoms with Crippen LogP contribution < -0.4 is 4.74 Å². The van der Waals surface area contributed by atoms with Gasteiger partial charge in [-0.05, 0) is 25.0 Å². The Bertz CT molecular complexity index is 452. The van der Waals surface area contributed by atoms with Crippen LogP contribution in [-0.2, 0) is 0 Å². The number of aliphatic hydroxyl groups is 1. The van der Waals surface area contributed by atoms with Gasteiger partial charge in [-0.3, -0.25) is 0 Å². The fourth-order valence-corrected chi connectivity index (χ4v) is 2.47. The number of carbonyl (C=O) groups is 1. The van der Waals surface area contributed by atoms with Crippen molar-refractivity contribution in [3.63, 3.8) is 0 Å². The average Bonchev–Trinajstić information content (AvgIpc) is 2.73. The second kappa shape index (κ2) is 5.16. The highest BCUT2D eigenvalue weighted by Gasteiger charge is 2.32. The van der Waals surface area contributed by atoms with Gasteiger partial charge in [-0.1, -0.05) is 30.5 Å². The largest absolute Gasteiger partial charge is 0.490 e. The SMILES string of the molecule is O=C(O)c1c(Cl)cccc1OCC1(O)CCCC1. The zero-order valence-corrected chi connectivity index (χ0v) is 10.6. The number of carboxylic acids is 1. The first-order chi connectivity index (χ1) is 8.52. The van der Waals surface area contributed by atoms with Crippen molar-refractivity contribution in [3.05, 3.63) is 28.8 Å². The fourth-order valence-electron chi connectivity index (χ4n) is 2.22. The van der Waals surface area contributed by atoms with Gasteiger partial charge in [-0.25, -0.2) is 4.79 Å². The molecule has 1 fully saturated rings. The van der Waals surface area contributed by atoms with Gasteiger partial charge in [0.2, 0.25) is 0 Å². The van der Waals surface area contributed by atoms with E-state index < -0.39 is 11.6 Å². The molecule has 1 aliphatic rings. The Balaban J connectivity index is 2.14. The molecule has 0 amide bonds. The molecule has 0 heterocycles. The van der Waals surface area contributed by atoms with Crippen molar-refractivity contribution in [3.8, 4) is 5.75 Å². The predicted molar refractivity (Wildman–Crippen MR) is 67.3 cm³/mol. The molecule has 0 aromatic heterocycles. The summed E-state index contributed by atoms with van der Waals surface area (Å²) in [6, 6.07) is 4.68. The number of benzene rings is 1. The van der Waals surface area contributed by atoms with Crippen molar-refractivity contribution in [2.45, 2.75) is 31.3 Å². The summed E-state index contributed by atoms with van der Waals surface area (Å²) in [5.74, 6) is -0.927. The summed E-state index contributed by atoms with van der Waals surface area (Å²) in [6.07, 6.45) is 3.33. The molecule has 0 atom stereocenters.